The first-order valence-corrected chi connectivity index (χ1v) is 9.84. The molecule has 1 spiro atoms. The van der Waals surface area contributed by atoms with Crippen molar-refractivity contribution in [3.8, 4) is 0 Å². The van der Waals surface area contributed by atoms with Crippen LogP contribution in [0.2, 0.25) is 5.02 Å². The molecule has 0 radical (unpaired) electrons. The van der Waals surface area contributed by atoms with Crippen molar-refractivity contribution in [1.82, 2.24) is 0 Å². The lowest BCUT2D eigenvalue weighted by molar-refractivity contribution is -0.0865. The molecule has 3 rings (SSSR count). The zero-order chi connectivity index (χ0) is 14.9. The van der Waals surface area contributed by atoms with Gasteiger partial charge in [-0.1, -0.05) is 11.6 Å². The smallest absolute Gasteiger partial charge is 0.0717 e. The van der Waals surface area contributed by atoms with E-state index in [1.807, 2.05) is 24.8 Å². The van der Waals surface area contributed by atoms with Crippen LogP contribution in [0.5, 0.6) is 0 Å². The largest absolute Gasteiger partial charge is 0.381 e. The minimum absolute atomic E-state index is 0.113. The number of halogens is 2. The van der Waals surface area contributed by atoms with E-state index in [0.29, 0.717) is 6.04 Å². The van der Waals surface area contributed by atoms with Crippen LogP contribution in [-0.4, -0.2) is 29.8 Å². The first kappa shape index (κ1) is 16.0. The lowest BCUT2D eigenvalue weighted by Gasteiger charge is -2.43. The number of thioether (sulfide) groups is 1. The maximum absolute atomic E-state index is 6.26. The summed E-state index contributed by atoms with van der Waals surface area (Å²) in [5.74, 6) is 2.46. The number of hydrogen-bond donors (Lipinski definition) is 1. The van der Waals surface area contributed by atoms with E-state index < -0.39 is 0 Å². The summed E-state index contributed by atoms with van der Waals surface area (Å²) in [6.45, 7) is 2.89. The molecule has 1 N–H and O–H groups in total. The molecule has 2 nitrogen and oxygen atoms in total. The molecule has 0 bridgehead atoms. The Hall–Kier alpha value is 0.1000. The van der Waals surface area contributed by atoms with Gasteiger partial charge in [-0.05, 0) is 77.7 Å². The van der Waals surface area contributed by atoms with Crippen molar-refractivity contribution in [1.29, 1.82) is 0 Å². The fourth-order valence-corrected chi connectivity index (χ4v) is 5.19. The summed E-state index contributed by atoms with van der Waals surface area (Å²) in [6.07, 6.45) is 4.54. The Morgan fingerprint density at radius 2 is 2.14 bits per heavy atom. The summed E-state index contributed by atoms with van der Waals surface area (Å²) in [7, 11) is 0. The molecule has 116 valence electrons. The quantitative estimate of drug-likeness (QED) is 0.743. The van der Waals surface area contributed by atoms with Crippen LogP contribution in [0.25, 0.3) is 0 Å². The van der Waals surface area contributed by atoms with Crippen molar-refractivity contribution >= 4 is 45.0 Å². The lowest BCUT2D eigenvalue weighted by Crippen LogP contribution is -2.46. The number of anilines is 1. The molecule has 0 amide bonds. The maximum atomic E-state index is 6.26. The Kier molecular flexibility index (Phi) is 5.09. The van der Waals surface area contributed by atoms with Gasteiger partial charge in [0.2, 0.25) is 0 Å². The number of rotatable bonds is 2. The van der Waals surface area contributed by atoms with Crippen LogP contribution in [0.15, 0.2) is 16.6 Å². The van der Waals surface area contributed by atoms with Gasteiger partial charge in [0.15, 0.2) is 0 Å². The maximum Gasteiger partial charge on any atom is 0.0717 e. The molecule has 1 unspecified atom stereocenters. The summed E-state index contributed by atoms with van der Waals surface area (Å²) < 4.78 is 7.24. The molecule has 2 fully saturated rings. The van der Waals surface area contributed by atoms with Crippen molar-refractivity contribution in [2.24, 2.45) is 0 Å². The fraction of sp³-hybridized carbons (Fsp3) is 0.625. The van der Waals surface area contributed by atoms with Gasteiger partial charge in [-0.3, -0.25) is 0 Å². The molecular formula is C16H21BrClNOS. The Labute approximate surface area is 144 Å². The van der Waals surface area contributed by atoms with Crippen LogP contribution >= 0.6 is 39.3 Å². The van der Waals surface area contributed by atoms with Crippen molar-refractivity contribution in [3.05, 3.63) is 27.2 Å². The van der Waals surface area contributed by atoms with E-state index in [4.69, 9.17) is 16.3 Å². The standard InChI is InChI=1S/C16H21BrClNOS/c1-11-8-13(17)15(9-14(11)18)19-12-2-5-20-16(10-12)3-6-21-7-4-16/h8-9,12,19H,2-7,10H2,1H3. The molecule has 1 aromatic rings. The molecule has 2 aliphatic rings. The summed E-state index contributed by atoms with van der Waals surface area (Å²) in [5.41, 5.74) is 2.31. The van der Waals surface area contributed by atoms with Crippen LogP contribution in [0, 0.1) is 6.92 Å². The highest BCUT2D eigenvalue weighted by molar-refractivity contribution is 9.10. The predicted molar refractivity (Wildman–Crippen MR) is 95.8 cm³/mol. The van der Waals surface area contributed by atoms with E-state index in [9.17, 15) is 0 Å². The molecular weight excluding hydrogens is 370 g/mol. The zero-order valence-electron chi connectivity index (χ0n) is 12.3. The lowest BCUT2D eigenvalue weighted by atomic mass is 9.85. The zero-order valence-corrected chi connectivity index (χ0v) is 15.4. The second-order valence-corrected chi connectivity index (χ2v) is 8.55. The molecule has 5 heteroatoms. The third kappa shape index (κ3) is 3.72. The van der Waals surface area contributed by atoms with Gasteiger partial charge in [0.1, 0.15) is 0 Å². The van der Waals surface area contributed by atoms with Gasteiger partial charge < -0.3 is 10.1 Å². The molecule has 2 aliphatic heterocycles. The number of aryl methyl sites for hydroxylation is 1. The van der Waals surface area contributed by atoms with E-state index in [2.05, 4.69) is 27.3 Å². The van der Waals surface area contributed by atoms with Crippen LogP contribution in [0.3, 0.4) is 0 Å². The first-order chi connectivity index (χ1) is 10.1. The highest BCUT2D eigenvalue weighted by Crippen LogP contribution is 2.39. The molecule has 0 aliphatic carbocycles. The fourth-order valence-electron chi connectivity index (χ4n) is 3.22. The highest BCUT2D eigenvalue weighted by Gasteiger charge is 2.38. The second kappa shape index (κ2) is 6.69. The monoisotopic (exact) mass is 389 g/mol. The summed E-state index contributed by atoms with van der Waals surface area (Å²) in [6, 6.07) is 4.58. The van der Waals surface area contributed by atoms with Gasteiger partial charge >= 0.3 is 0 Å². The third-order valence-electron chi connectivity index (χ3n) is 4.50. The Bertz CT molecular complexity index is 514. The topological polar surface area (TPSA) is 21.3 Å². The number of hydrogen-bond acceptors (Lipinski definition) is 3. The van der Waals surface area contributed by atoms with Gasteiger partial charge in [-0.15, -0.1) is 0 Å². The van der Waals surface area contributed by atoms with Crippen molar-refractivity contribution in [2.75, 3.05) is 23.4 Å². The SMILES string of the molecule is Cc1cc(Br)c(NC2CCOC3(CCSCC3)C2)cc1Cl. The second-order valence-electron chi connectivity index (χ2n) is 6.06. The highest BCUT2D eigenvalue weighted by atomic mass is 79.9. The van der Waals surface area contributed by atoms with E-state index in [0.717, 1.165) is 40.2 Å². The van der Waals surface area contributed by atoms with E-state index in [1.165, 1.54) is 24.3 Å². The molecule has 0 aromatic heterocycles. The number of ether oxygens (including phenoxy) is 1. The van der Waals surface area contributed by atoms with E-state index in [-0.39, 0.29) is 5.60 Å². The van der Waals surface area contributed by atoms with Crippen molar-refractivity contribution < 1.29 is 4.74 Å². The van der Waals surface area contributed by atoms with Crippen LogP contribution < -0.4 is 5.32 Å². The van der Waals surface area contributed by atoms with E-state index in [1.54, 1.807) is 0 Å². The molecule has 1 aromatic carbocycles. The van der Waals surface area contributed by atoms with Crippen molar-refractivity contribution in [3.63, 3.8) is 0 Å². The first-order valence-electron chi connectivity index (χ1n) is 7.52. The minimum atomic E-state index is 0.113. The number of nitrogens with one attached hydrogen (secondary N) is 1. The third-order valence-corrected chi connectivity index (χ3v) is 6.55. The molecule has 2 heterocycles. The average molecular weight is 391 g/mol. The minimum Gasteiger partial charge on any atom is -0.381 e. The Morgan fingerprint density at radius 3 is 2.90 bits per heavy atom. The Balaban J connectivity index is 1.71. The Morgan fingerprint density at radius 1 is 1.38 bits per heavy atom. The van der Waals surface area contributed by atoms with Crippen LogP contribution in [-0.2, 0) is 4.74 Å². The van der Waals surface area contributed by atoms with Crippen molar-refractivity contribution in [2.45, 2.75) is 44.2 Å². The van der Waals surface area contributed by atoms with Gasteiger partial charge in [0.05, 0.1) is 11.3 Å². The van der Waals surface area contributed by atoms with Crippen LogP contribution in [0.4, 0.5) is 5.69 Å². The van der Waals surface area contributed by atoms with Gasteiger partial charge in [-0.25, -0.2) is 0 Å². The number of benzene rings is 1. The molecule has 1 atom stereocenters. The van der Waals surface area contributed by atoms with Crippen LogP contribution in [0.1, 0.15) is 31.2 Å². The van der Waals surface area contributed by atoms with Gasteiger partial charge in [0, 0.05) is 22.1 Å². The molecule has 21 heavy (non-hydrogen) atoms. The predicted octanol–water partition coefficient (Wildman–Crippen LogP) is 5.27. The normalized spacial score (nSPS) is 25.0. The molecule has 2 saturated heterocycles. The van der Waals surface area contributed by atoms with E-state index >= 15 is 0 Å². The van der Waals surface area contributed by atoms with Gasteiger partial charge in [0.25, 0.3) is 0 Å². The summed E-state index contributed by atoms with van der Waals surface area (Å²) in [5, 5.41) is 4.49. The summed E-state index contributed by atoms with van der Waals surface area (Å²) >= 11 is 11.9. The average Bonchev–Trinajstić information content (AvgIpc) is 2.46. The summed E-state index contributed by atoms with van der Waals surface area (Å²) in [4.78, 5) is 0. The molecule has 0 saturated carbocycles. The van der Waals surface area contributed by atoms with Gasteiger partial charge in [-0.2, -0.15) is 11.8 Å².